The van der Waals surface area contributed by atoms with Crippen molar-refractivity contribution in [3.8, 4) is 0 Å². The van der Waals surface area contributed by atoms with Crippen LogP contribution in [0.4, 0.5) is 9.41 Å². The Hall–Kier alpha value is -0.703. The third-order valence-corrected chi connectivity index (χ3v) is 3.25. The summed E-state index contributed by atoms with van der Waals surface area (Å²) in [4.78, 5) is 0. The molecule has 0 fully saturated rings. The van der Waals surface area contributed by atoms with Gasteiger partial charge in [0.2, 0.25) is 0 Å². The summed E-state index contributed by atoms with van der Waals surface area (Å²) < 4.78 is 0. The molecule has 0 saturated heterocycles. The van der Waals surface area contributed by atoms with Crippen molar-refractivity contribution in [2.24, 2.45) is 0 Å². The van der Waals surface area contributed by atoms with Crippen LogP contribution in [-0.4, -0.2) is 9.52 Å². The van der Waals surface area contributed by atoms with E-state index >= 15 is 0 Å². The number of hydrogen-bond acceptors (Lipinski definition) is 0. The number of halogens is 2. The van der Waals surface area contributed by atoms with E-state index in [0.717, 1.165) is 5.54 Å². The fraction of sp³-hybridized carbons (Fsp3) is 0.333. The zero-order valence-electron chi connectivity index (χ0n) is 7.49. The van der Waals surface area contributed by atoms with Gasteiger partial charge in [-0.3, -0.25) is 9.41 Å². The van der Waals surface area contributed by atoms with Crippen LogP contribution in [0.15, 0.2) is 30.3 Å². The summed E-state index contributed by atoms with van der Waals surface area (Å²) >= 11 is 0. The summed E-state index contributed by atoms with van der Waals surface area (Å²) in [5, 5.41) is 1.58. The van der Waals surface area contributed by atoms with Crippen LogP contribution in [0.1, 0.15) is 13.8 Å². The van der Waals surface area contributed by atoms with Gasteiger partial charge >= 0.3 is 0 Å². The van der Waals surface area contributed by atoms with Crippen molar-refractivity contribution >= 4 is 14.7 Å². The topological polar surface area (TPSA) is 0 Å². The molecule has 0 atom stereocenters. The van der Waals surface area contributed by atoms with Gasteiger partial charge < -0.3 is 0 Å². The summed E-state index contributed by atoms with van der Waals surface area (Å²) in [7, 11) is 0.0234. The molecule has 0 amide bonds. The lowest BCUT2D eigenvalue weighted by molar-refractivity contribution is 1.07. The SMILES string of the molecule is CC(C)[SiH2]c1ccccc1.F.F. The molecule has 70 valence electrons. The summed E-state index contributed by atoms with van der Waals surface area (Å²) in [6.07, 6.45) is 0. The smallest absolute Gasteiger partial charge is 0.0572 e. The van der Waals surface area contributed by atoms with Crippen LogP contribution in [0.2, 0.25) is 5.54 Å². The number of hydrogen-bond donors (Lipinski definition) is 0. The molecule has 0 nitrogen and oxygen atoms in total. The molecule has 0 aliphatic carbocycles. The monoisotopic (exact) mass is 190 g/mol. The van der Waals surface area contributed by atoms with Gasteiger partial charge in [0, 0.05) is 0 Å². The largest absolute Gasteiger partial charge is 0.269 e. The van der Waals surface area contributed by atoms with Gasteiger partial charge in [-0.2, -0.15) is 0 Å². The van der Waals surface area contributed by atoms with Crippen LogP contribution in [0.5, 0.6) is 0 Å². The zero-order chi connectivity index (χ0) is 7.40. The molecule has 0 N–H and O–H groups in total. The molecule has 1 aromatic carbocycles. The summed E-state index contributed by atoms with van der Waals surface area (Å²) in [6, 6.07) is 10.8. The van der Waals surface area contributed by atoms with Crippen molar-refractivity contribution in [2.75, 3.05) is 0 Å². The lowest BCUT2D eigenvalue weighted by atomic mass is 10.4. The van der Waals surface area contributed by atoms with Crippen molar-refractivity contribution < 1.29 is 9.41 Å². The summed E-state index contributed by atoms with van der Waals surface area (Å²) in [6.45, 7) is 4.61. The normalized spacial score (nSPS) is 9.58. The first-order valence-electron chi connectivity index (χ1n) is 3.83. The maximum absolute atomic E-state index is 2.30. The minimum Gasteiger partial charge on any atom is -0.269 e. The molecule has 0 radical (unpaired) electrons. The van der Waals surface area contributed by atoms with Crippen LogP contribution in [0.25, 0.3) is 0 Å². The van der Waals surface area contributed by atoms with E-state index in [1.807, 2.05) is 0 Å². The molecule has 0 aliphatic heterocycles. The Labute approximate surface area is 74.6 Å². The van der Waals surface area contributed by atoms with E-state index in [4.69, 9.17) is 0 Å². The molecule has 0 heterocycles. The van der Waals surface area contributed by atoms with Crippen LogP contribution < -0.4 is 5.19 Å². The predicted molar refractivity (Wildman–Crippen MR) is 54.7 cm³/mol. The van der Waals surface area contributed by atoms with E-state index in [0.29, 0.717) is 0 Å². The highest BCUT2D eigenvalue weighted by molar-refractivity contribution is 6.54. The Bertz CT molecular complexity index is 187. The molecule has 0 spiro atoms. The molecule has 0 aromatic heterocycles. The molecule has 1 rings (SSSR count). The van der Waals surface area contributed by atoms with Crippen LogP contribution in [0.3, 0.4) is 0 Å². The minimum atomic E-state index is 0. The van der Waals surface area contributed by atoms with Crippen LogP contribution >= 0.6 is 0 Å². The Morgan fingerprint density at radius 1 is 1.00 bits per heavy atom. The van der Waals surface area contributed by atoms with E-state index in [-0.39, 0.29) is 18.9 Å². The summed E-state index contributed by atoms with van der Waals surface area (Å²) in [5.41, 5.74) is 0.905. The Balaban J connectivity index is 0. The first-order chi connectivity index (χ1) is 4.79. The zero-order valence-corrected chi connectivity index (χ0v) is 8.90. The third-order valence-electron chi connectivity index (χ3n) is 1.49. The van der Waals surface area contributed by atoms with E-state index < -0.39 is 0 Å². The maximum atomic E-state index is 2.30. The van der Waals surface area contributed by atoms with Gasteiger partial charge in [-0.15, -0.1) is 0 Å². The maximum Gasteiger partial charge on any atom is 0.0572 e. The van der Waals surface area contributed by atoms with Crippen LogP contribution in [-0.2, 0) is 0 Å². The Kier molecular flexibility index (Phi) is 8.05. The lowest BCUT2D eigenvalue weighted by Crippen LogP contribution is -2.15. The Morgan fingerprint density at radius 2 is 1.50 bits per heavy atom. The van der Waals surface area contributed by atoms with Gasteiger partial charge in [-0.05, 0) is 0 Å². The van der Waals surface area contributed by atoms with E-state index in [2.05, 4.69) is 44.2 Å². The number of benzene rings is 1. The van der Waals surface area contributed by atoms with Crippen molar-refractivity contribution in [3.63, 3.8) is 0 Å². The molecular formula is C9H16F2Si. The van der Waals surface area contributed by atoms with E-state index in [1.165, 1.54) is 0 Å². The fourth-order valence-corrected chi connectivity index (χ4v) is 2.57. The van der Waals surface area contributed by atoms with Gasteiger partial charge in [0.1, 0.15) is 0 Å². The average molecular weight is 190 g/mol. The molecule has 0 unspecified atom stereocenters. The first-order valence-corrected chi connectivity index (χ1v) is 5.35. The van der Waals surface area contributed by atoms with Crippen molar-refractivity contribution in [1.29, 1.82) is 0 Å². The van der Waals surface area contributed by atoms with Gasteiger partial charge in [0.25, 0.3) is 0 Å². The van der Waals surface area contributed by atoms with Gasteiger partial charge in [-0.25, -0.2) is 0 Å². The van der Waals surface area contributed by atoms with Crippen LogP contribution in [0, 0.1) is 0 Å². The highest BCUT2D eigenvalue weighted by atomic mass is 28.2. The second-order valence-corrected chi connectivity index (χ2v) is 5.94. The number of rotatable bonds is 2. The Morgan fingerprint density at radius 3 is 1.92 bits per heavy atom. The molecule has 3 heteroatoms. The first kappa shape index (κ1) is 13.9. The minimum absolute atomic E-state index is 0. The molecular weight excluding hydrogens is 174 g/mol. The van der Waals surface area contributed by atoms with Crippen molar-refractivity contribution in [2.45, 2.75) is 19.4 Å². The average Bonchev–Trinajstić information content (AvgIpc) is 1.88. The summed E-state index contributed by atoms with van der Waals surface area (Å²) in [5.74, 6) is 0. The van der Waals surface area contributed by atoms with Crippen molar-refractivity contribution in [1.82, 2.24) is 0 Å². The second-order valence-electron chi connectivity index (χ2n) is 3.08. The molecule has 1 aromatic rings. The quantitative estimate of drug-likeness (QED) is 0.622. The van der Waals surface area contributed by atoms with E-state index in [1.54, 1.807) is 5.19 Å². The van der Waals surface area contributed by atoms with Crippen molar-refractivity contribution in [3.05, 3.63) is 30.3 Å². The molecule has 0 saturated carbocycles. The lowest BCUT2D eigenvalue weighted by Gasteiger charge is -2.01. The molecule has 0 aliphatic rings. The molecule has 0 bridgehead atoms. The fourth-order valence-electron chi connectivity index (χ4n) is 1.09. The van der Waals surface area contributed by atoms with Gasteiger partial charge in [0.05, 0.1) is 9.52 Å². The second kappa shape index (κ2) is 6.97. The highest BCUT2D eigenvalue weighted by Gasteiger charge is 1.95. The van der Waals surface area contributed by atoms with Gasteiger partial charge in [0.15, 0.2) is 0 Å². The molecule has 12 heavy (non-hydrogen) atoms. The predicted octanol–water partition coefficient (Wildman–Crippen LogP) is 1.61. The standard InChI is InChI=1S/C9H14Si.2FH/c1-8(2)10-9-6-4-3-5-7-9;;/h3-8H,10H2,1-2H3;2*1H. The van der Waals surface area contributed by atoms with E-state index in [9.17, 15) is 0 Å². The van der Waals surface area contributed by atoms with Gasteiger partial charge in [-0.1, -0.05) is 54.9 Å². The highest BCUT2D eigenvalue weighted by Crippen LogP contribution is 1.96. The third kappa shape index (κ3) is 5.01.